The molecule has 3 rings (SSSR count). The molecule has 3 fully saturated rings. The van der Waals surface area contributed by atoms with Crippen LogP contribution < -0.4 is 0 Å². The zero-order chi connectivity index (χ0) is 16.2. The molecule has 0 aromatic carbocycles. The van der Waals surface area contributed by atoms with Crippen LogP contribution in [0, 0.1) is 17.8 Å². The smallest absolute Gasteiger partial charge is 0.226 e. The number of hydrogen-bond acceptors (Lipinski definition) is 3. The summed E-state index contributed by atoms with van der Waals surface area (Å²) in [5.74, 6) is 2.14. The Morgan fingerprint density at radius 2 is 1.91 bits per heavy atom. The second-order valence-electron chi connectivity index (χ2n) is 8.16. The lowest BCUT2D eigenvalue weighted by Crippen LogP contribution is -2.57. The number of amides is 1. The van der Waals surface area contributed by atoms with Crippen molar-refractivity contribution in [3.05, 3.63) is 0 Å². The number of nitrogens with zero attached hydrogens (tertiary/aromatic N) is 2. The molecule has 0 radical (unpaired) electrons. The average molecular weight is 322 g/mol. The number of fused-ring (bicyclic) bond motifs is 1. The van der Waals surface area contributed by atoms with E-state index in [9.17, 15) is 4.79 Å². The fraction of sp³-hybridized carbons (Fsp3) is 0.947. The summed E-state index contributed by atoms with van der Waals surface area (Å²) in [6, 6.07) is 0.509. The van der Waals surface area contributed by atoms with E-state index in [0.29, 0.717) is 17.9 Å². The highest BCUT2D eigenvalue weighted by atomic mass is 16.5. The van der Waals surface area contributed by atoms with Crippen LogP contribution in [0.4, 0.5) is 0 Å². The van der Waals surface area contributed by atoms with Gasteiger partial charge in [-0.15, -0.1) is 0 Å². The summed E-state index contributed by atoms with van der Waals surface area (Å²) in [5, 5.41) is 0. The summed E-state index contributed by atoms with van der Waals surface area (Å²) >= 11 is 0. The first-order valence-corrected chi connectivity index (χ1v) is 9.75. The highest BCUT2D eigenvalue weighted by Crippen LogP contribution is 2.33. The third-order valence-electron chi connectivity index (χ3n) is 6.03. The van der Waals surface area contributed by atoms with Crippen molar-refractivity contribution < 1.29 is 9.53 Å². The van der Waals surface area contributed by atoms with Crippen molar-refractivity contribution in [1.29, 1.82) is 0 Å². The van der Waals surface area contributed by atoms with Crippen LogP contribution in [0.5, 0.6) is 0 Å². The molecule has 0 aromatic rings. The second-order valence-corrected chi connectivity index (χ2v) is 8.16. The van der Waals surface area contributed by atoms with E-state index in [2.05, 4.69) is 23.6 Å². The van der Waals surface area contributed by atoms with Crippen molar-refractivity contribution in [2.75, 3.05) is 39.4 Å². The van der Waals surface area contributed by atoms with Gasteiger partial charge in [0.15, 0.2) is 0 Å². The summed E-state index contributed by atoms with van der Waals surface area (Å²) < 4.78 is 5.43. The summed E-state index contributed by atoms with van der Waals surface area (Å²) in [7, 11) is 0. The lowest BCUT2D eigenvalue weighted by molar-refractivity contribution is -0.145. The molecule has 0 unspecified atom stereocenters. The topological polar surface area (TPSA) is 32.8 Å². The van der Waals surface area contributed by atoms with Crippen molar-refractivity contribution in [3.8, 4) is 0 Å². The maximum Gasteiger partial charge on any atom is 0.226 e. The van der Waals surface area contributed by atoms with E-state index in [-0.39, 0.29) is 5.92 Å². The minimum absolute atomic E-state index is 0.224. The molecule has 132 valence electrons. The van der Waals surface area contributed by atoms with E-state index in [1.165, 1.54) is 45.3 Å². The number of ether oxygens (including phenoxy) is 1. The van der Waals surface area contributed by atoms with Gasteiger partial charge in [0, 0.05) is 44.8 Å². The Bertz CT molecular complexity index is 393. The lowest BCUT2D eigenvalue weighted by Gasteiger charge is -2.48. The van der Waals surface area contributed by atoms with Gasteiger partial charge in [-0.1, -0.05) is 13.8 Å². The number of likely N-dealkylation sites (tertiary alicyclic amines) is 2. The highest BCUT2D eigenvalue weighted by molar-refractivity contribution is 5.79. The third-order valence-corrected chi connectivity index (χ3v) is 6.03. The van der Waals surface area contributed by atoms with Crippen molar-refractivity contribution in [3.63, 3.8) is 0 Å². The first-order valence-electron chi connectivity index (χ1n) is 9.75. The second kappa shape index (κ2) is 7.98. The van der Waals surface area contributed by atoms with Gasteiger partial charge in [0.25, 0.3) is 0 Å². The minimum Gasteiger partial charge on any atom is -0.381 e. The van der Waals surface area contributed by atoms with Crippen molar-refractivity contribution >= 4 is 5.91 Å². The third kappa shape index (κ3) is 4.27. The molecule has 3 heterocycles. The van der Waals surface area contributed by atoms with Crippen molar-refractivity contribution in [2.24, 2.45) is 17.8 Å². The normalized spacial score (nSPS) is 30.5. The molecule has 0 spiro atoms. The van der Waals surface area contributed by atoms with Gasteiger partial charge in [0.1, 0.15) is 0 Å². The summed E-state index contributed by atoms with van der Waals surface area (Å²) in [6.07, 6.45) is 6.81. The Morgan fingerprint density at radius 1 is 1.13 bits per heavy atom. The number of hydrogen-bond donors (Lipinski definition) is 0. The lowest BCUT2D eigenvalue weighted by atomic mass is 9.82. The Morgan fingerprint density at radius 3 is 2.65 bits per heavy atom. The largest absolute Gasteiger partial charge is 0.381 e. The summed E-state index contributed by atoms with van der Waals surface area (Å²) in [4.78, 5) is 17.9. The number of carbonyl (C=O) groups excluding carboxylic acids is 1. The molecule has 0 saturated carbocycles. The quantitative estimate of drug-likeness (QED) is 0.798. The highest BCUT2D eigenvalue weighted by Gasteiger charge is 2.39. The molecule has 3 aliphatic rings. The number of piperidine rings is 2. The van der Waals surface area contributed by atoms with Gasteiger partial charge < -0.3 is 14.5 Å². The molecule has 0 aliphatic carbocycles. The predicted molar refractivity (Wildman–Crippen MR) is 92.3 cm³/mol. The molecule has 23 heavy (non-hydrogen) atoms. The maximum absolute atomic E-state index is 13.0. The molecule has 0 aromatic heterocycles. The number of rotatable bonds is 4. The van der Waals surface area contributed by atoms with Crippen LogP contribution in [0.15, 0.2) is 0 Å². The van der Waals surface area contributed by atoms with Gasteiger partial charge in [-0.3, -0.25) is 4.79 Å². The minimum atomic E-state index is 0.224. The monoisotopic (exact) mass is 322 g/mol. The van der Waals surface area contributed by atoms with Crippen LogP contribution in [0.25, 0.3) is 0 Å². The van der Waals surface area contributed by atoms with E-state index in [0.717, 1.165) is 38.5 Å². The van der Waals surface area contributed by atoms with Crippen LogP contribution >= 0.6 is 0 Å². The fourth-order valence-corrected chi connectivity index (χ4v) is 4.58. The molecule has 3 saturated heterocycles. The van der Waals surface area contributed by atoms with Gasteiger partial charge in [0.05, 0.1) is 0 Å². The van der Waals surface area contributed by atoms with Crippen LogP contribution in [-0.4, -0.2) is 61.1 Å². The SMILES string of the molecule is CC(C)CCN1CC[C@@H]2[C@H](CCCN2C(=O)C2CCOCC2)C1. The van der Waals surface area contributed by atoms with Crippen LogP contribution in [0.3, 0.4) is 0 Å². The molecule has 4 nitrogen and oxygen atoms in total. The van der Waals surface area contributed by atoms with Crippen LogP contribution in [-0.2, 0) is 9.53 Å². The molecular formula is C19H34N2O2. The van der Waals surface area contributed by atoms with E-state index in [1.807, 2.05) is 0 Å². The maximum atomic E-state index is 13.0. The van der Waals surface area contributed by atoms with E-state index >= 15 is 0 Å². The predicted octanol–water partition coefficient (Wildman–Crippen LogP) is 2.77. The standard InChI is InChI=1S/C19H34N2O2/c1-15(2)5-10-20-11-6-18-17(14-20)4-3-9-21(18)19(22)16-7-12-23-13-8-16/h15-18H,3-14H2,1-2H3/t17-,18-/m1/s1. The van der Waals surface area contributed by atoms with Gasteiger partial charge in [-0.2, -0.15) is 0 Å². The molecule has 3 aliphatic heterocycles. The van der Waals surface area contributed by atoms with E-state index in [1.54, 1.807) is 0 Å². The van der Waals surface area contributed by atoms with E-state index in [4.69, 9.17) is 4.74 Å². The van der Waals surface area contributed by atoms with Crippen molar-refractivity contribution in [1.82, 2.24) is 9.80 Å². The summed E-state index contributed by atoms with van der Waals surface area (Å²) in [5.41, 5.74) is 0. The molecule has 1 amide bonds. The van der Waals surface area contributed by atoms with Gasteiger partial charge in [-0.05, 0) is 56.9 Å². The van der Waals surface area contributed by atoms with Crippen molar-refractivity contribution in [2.45, 2.75) is 58.4 Å². The van der Waals surface area contributed by atoms with Gasteiger partial charge in [0.2, 0.25) is 5.91 Å². The molecule has 0 bridgehead atoms. The zero-order valence-electron chi connectivity index (χ0n) is 15.0. The van der Waals surface area contributed by atoms with E-state index < -0.39 is 0 Å². The molecule has 2 atom stereocenters. The Balaban J connectivity index is 1.56. The van der Waals surface area contributed by atoms with Gasteiger partial charge >= 0.3 is 0 Å². The Kier molecular flexibility index (Phi) is 5.97. The molecular weight excluding hydrogens is 288 g/mol. The first-order chi connectivity index (χ1) is 11.1. The molecule has 0 N–H and O–H groups in total. The van der Waals surface area contributed by atoms with Crippen LogP contribution in [0.1, 0.15) is 52.4 Å². The average Bonchev–Trinajstić information content (AvgIpc) is 2.59. The summed E-state index contributed by atoms with van der Waals surface area (Å²) in [6.45, 7) is 10.7. The number of carbonyl (C=O) groups is 1. The van der Waals surface area contributed by atoms with Crippen LogP contribution in [0.2, 0.25) is 0 Å². The van der Waals surface area contributed by atoms with Gasteiger partial charge in [-0.25, -0.2) is 0 Å². The Labute approximate surface area is 141 Å². The fourth-order valence-electron chi connectivity index (χ4n) is 4.58. The Hall–Kier alpha value is -0.610. The molecule has 4 heteroatoms. The first kappa shape index (κ1) is 17.2. The zero-order valence-corrected chi connectivity index (χ0v) is 15.0.